The van der Waals surface area contributed by atoms with E-state index in [1.807, 2.05) is 13.8 Å². The minimum absolute atomic E-state index is 0.420. The van der Waals surface area contributed by atoms with Crippen LogP contribution in [0, 0.1) is 0 Å². The number of esters is 1. The zero-order valence-electron chi connectivity index (χ0n) is 15.4. The van der Waals surface area contributed by atoms with Gasteiger partial charge in [0.05, 0.1) is 13.2 Å². The molecular formula is C18H24N2O7. The first-order valence-electron chi connectivity index (χ1n) is 8.82. The summed E-state index contributed by atoms with van der Waals surface area (Å²) in [6.07, 6.45) is 0.716. The number of rotatable bonds is 8. The van der Waals surface area contributed by atoms with Gasteiger partial charge in [0.1, 0.15) is 0 Å². The number of carbonyl (C=O) groups excluding carboxylic acids is 3. The smallest absolute Gasteiger partial charge is 0.335 e. The lowest BCUT2D eigenvalue weighted by Crippen LogP contribution is -2.38. The zero-order chi connectivity index (χ0) is 19.6. The monoisotopic (exact) mass is 380 g/mol. The fourth-order valence-corrected chi connectivity index (χ4v) is 2.45. The Morgan fingerprint density at radius 1 is 1.15 bits per heavy atom. The van der Waals surface area contributed by atoms with E-state index in [1.165, 1.54) is 0 Å². The quantitative estimate of drug-likeness (QED) is 0.662. The average molecular weight is 380 g/mol. The van der Waals surface area contributed by atoms with Crippen molar-refractivity contribution >= 4 is 23.6 Å². The van der Waals surface area contributed by atoms with Crippen LogP contribution in [0.3, 0.4) is 0 Å². The van der Waals surface area contributed by atoms with E-state index in [9.17, 15) is 14.4 Å². The van der Waals surface area contributed by atoms with Gasteiger partial charge in [-0.1, -0.05) is 0 Å². The molecule has 0 radical (unpaired) electrons. The van der Waals surface area contributed by atoms with Gasteiger partial charge in [-0.15, -0.1) is 0 Å². The Morgan fingerprint density at radius 3 is 2.56 bits per heavy atom. The van der Waals surface area contributed by atoms with Crippen LogP contribution in [-0.4, -0.2) is 50.4 Å². The molecule has 1 fully saturated rings. The summed E-state index contributed by atoms with van der Waals surface area (Å²) in [6.45, 7) is 4.54. The largest absolute Gasteiger partial charge is 0.490 e. The molecule has 0 aliphatic carbocycles. The molecule has 3 amide bonds. The van der Waals surface area contributed by atoms with E-state index in [0.717, 1.165) is 6.42 Å². The van der Waals surface area contributed by atoms with Crippen molar-refractivity contribution in [1.82, 2.24) is 5.32 Å². The molecule has 1 aliphatic rings. The van der Waals surface area contributed by atoms with Gasteiger partial charge in [-0.05, 0) is 38.8 Å². The molecule has 0 aromatic heterocycles. The number of ether oxygens (including phenoxy) is 4. The molecule has 1 atom stereocenters. The SMILES string of the molecule is CCOc1ccc(NC(=O)NC(=O)COC(=O)[C@@H]2CCCO2)cc1OCC. The maximum absolute atomic E-state index is 11.9. The van der Waals surface area contributed by atoms with Crippen LogP contribution in [0.1, 0.15) is 26.7 Å². The lowest BCUT2D eigenvalue weighted by atomic mass is 10.2. The van der Waals surface area contributed by atoms with Crippen molar-refractivity contribution in [3.05, 3.63) is 18.2 Å². The van der Waals surface area contributed by atoms with E-state index in [-0.39, 0.29) is 0 Å². The molecule has 1 heterocycles. The van der Waals surface area contributed by atoms with Crippen molar-refractivity contribution in [3.8, 4) is 11.5 Å². The Kier molecular flexibility index (Phi) is 7.87. The molecule has 2 N–H and O–H groups in total. The number of hydrogen-bond acceptors (Lipinski definition) is 7. The van der Waals surface area contributed by atoms with Gasteiger partial charge in [-0.2, -0.15) is 0 Å². The lowest BCUT2D eigenvalue weighted by molar-refractivity contribution is -0.157. The van der Waals surface area contributed by atoms with Crippen LogP contribution < -0.4 is 20.1 Å². The standard InChI is InChI=1S/C18H24N2O7/c1-3-24-13-8-7-12(10-15(13)25-4-2)19-18(23)20-16(21)11-27-17(22)14-6-5-9-26-14/h7-8,10,14H,3-6,9,11H2,1-2H3,(H2,19,20,21,23)/t14-/m0/s1. The van der Waals surface area contributed by atoms with Crippen LogP contribution in [0.2, 0.25) is 0 Å². The highest BCUT2D eigenvalue weighted by molar-refractivity contribution is 6.02. The van der Waals surface area contributed by atoms with E-state index in [4.69, 9.17) is 18.9 Å². The molecule has 0 unspecified atom stereocenters. The van der Waals surface area contributed by atoms with Gasteiger partial charge >= 0.3 is 12.0 Å². The summed E-state index contributed by atoms with van der Waals surface area (Å²) < 4.78 is 20.9. The molecule has 1 aliphatic heterocycles. The Labute approximate surface area is 157 Å². The summed E-state index contributed by atoms with van der Waals surface area (Å²) in [4.78, 5) is 35.3. The molecule has 0 bridgehead atoms. The molecule has 0 saturated carbocycles. The minimum Gasteiger partial charge on any atom is -0.490 e. The van der Waals surface area contributed by atoms with Gasteiger partial charge in [0.25, 0.3) is 5.91 Å². The molecule has 0 spiro atoms. The highest BCUT2D eigenvalue weighted by atomic mass is 16.6. The van der Waals surface area contributed by atoms with Gasteiger partial charge in [0.2, 0.25) is 0 Å². The van der Waals surface area contributed by atoms with Crippen LogP contribution in [0.4, 0.5) is 10.5 Å². The van der Waals surface area contributed by atoms with Crippen molar-refractivity contribution in [2.24, 2.45) is 0 Å². The van der Waals surface area contributed by atoms with Crippen molar-refractivity contribution in [2.75, 3.05) is 31.7 Å². The number of anilines is 1. The summed E-state index contributed by atoms with van der Waals surface area (Å²) in [5.74, 6) is -0.304. The average Bonchev–Trinajstić information content (AvgIpc) is 3.17. The Morgan fingerprint density at radius 2 is 1.89 bits per heavy atom. The van der Waals surface area contributed by atoms with Crippen LogP contribution >= 0.6 is 0 Å². The molecule has 1 aromatic rings. The van der Waals surface area contributed by atoms with Crippen molar-refractivity contribution in [1.29, 1.82) is 0 Å². The van der Waals surface area contributed by atoms with Crippen molar-refractivity contribution < 1.29 is 33.3 Å². The first kappa shape index (κ1) is 20.5. The maximum atomic E-state index is 11.9. The van der Waals surface area contributed by atoms with Crippen LogP contribution in [0.25, 0.3) is 0 Å². The highest BCUT2D eigenvalue weighted by Crippen LogP contribution is 2.30. The predicted molar refractivity (Wildman–Crippen MR) is 95.9 cm³/mol. The molecule has 1 aromatic carbocycles. The molecule has 1 saturated heterocycles. The fraction of sp³-hybridized carbons (Fsp3) is 0.500. The summed E-state index contributed by atoms with van der Waals surface area (Å²) in [6, 6.07) is 4.13. The number of benzene rings is 1. The molecule has 148 valence electrons. The molecule has 9 heteroatoms. The second kappa shape index (κ2) is 10.4. The number of carbonyl (C=O) groups is 3. The molecule has 27 heavy (non-hydrogen) atoms. The van der Waals surface area contributed by atoms with E-state index < -0.39 is 30.6 Å². The van der Waals surface area contributed by atoms with Crippen molar-refractivity contribution in [2.45, 2.75) is 32.8 Å². The number of urea groups is 1. The topological polar surface area (TPSA) is 112 Å². The maximum Gasteiger partial charge on any atom is 0.335 e. The van der Waals surface area contributed by atoms with E-state index >= 15 is 0 Å². The third-order valence-corrected chi connectivity index (χ3v) is 3.59. The van der Waals surface area contributed by atoms with E-state index in [2.05, 4.69) is 10.6 Å². The van der Waals surface area contributed by atoms with Crippen LogP contribution in [-0.2, 0) is 19.1 Å². The number of imide groups is 1. The zero-order valence-corrected chi connectivity index (χ0v) is 15.4. The Hall–Kier alpha value is -2.81. The molecule has 9 nitrogen and oxygen atoms in total. The summed E-state index contributed by atoms with van der Waals surface area (Å²) in [7, 11) is 0. The van der Waals surface area contributed by atoms with Crippen LogP contribution in [0.15, 0.2) is 18.2 Å². The summed E-state index contributed by atoms with van der Waals surface area (Å²) in [5, 5.41) is 4.60. The van der Waals surface area contributed by atoms with E-state index in [1.54, 1.807) is 18.2 Å². The Bertz CT molecular complexity index is 672. The third kappa shape index (κ3) is 6.45. The first-order chi connectivity index (χ1) is 13.0. The normalized spacial score (nSPS) is 15.7. The second-order valence-corrected chi connectivity index (χ2v) is 5.64. The van der Waals surface area contributed by atoms with Gasteiger partial charge in [-0.3, -0.25) is 10.1 Å². The first-order valence-corrected chi connectivity index (χ1v) is 8.82. The van der Waals surface area contributed by atoms with E-state index in [0.29, 0.717) is 43.4 Å². The predicted octanol–water partition coefficient (Wildman–Crippen LogP) is 1.85. The number of amides is 3. The number of hydrogen-bond donors (Lipinski definition) is 2. The molecular weight excluding hydrogens is 356 g/mol. The summed E-state index contributed by atoms with van der Waals surface area (Å²) in [5.41, 5.74) is 0.420. The lowest BCUT2D eigenvalue weighted by Gasteiger charge is -2.13. The van der Waals surface area contributed by atoms with Gasteiger partial charge in [0, 0.05) is 18.4 Å². The second-order valence-electron chi connectivity index (χ2n) is 5.64. The highest BCUT2D eigenvalue weighted by Gasteiger charge is 2.25. The minimum atomic E-state index is -0.750. The van der Waals surface area contributed by atoms with Gasteiger partial charge in [0.15, 0.2) is 24.2 Å². The van der Waals surface area contributed by atoms with Crippen molar-refractivity contribution in [3.63, 3.8) is 0 Å². The summed E-state index contributed by atoms with van der Waals surface area (Å²) >= 11 is 0. The van der Waals surface area contributed by atoms with Gasteiger partial charge in [-0.25, -0.2) is 9.59 Å². The fourth-order valence-electron chi connectivity index (χ4n) is 2.45. The van der Waals surface area contributed by atoms with Gasteiger partial charge < -0.3 is 24.3 Å². The molecule has 2 rings (SSSR count). The third-order valence-electron chi connectivity index (χ3n) is 3.59. The Balaban J connectivity index is 1.82. The number of nitrogens with one attached hydrogen (secondary N) is 2. The van der Waals surface area contributed by atoms with Crippen LogP contribution in [0.5, 0.6) is 11.5 Å².